The molecule has 3 rings (SSSR count). The Bertz CT molecular complexity index is 1180. The summed E-state index contributed by atoms with van der Waals surface area (Å²) in [4.78, 5) is 42.2. The number of carbonyl (C=O) groups excluding carboxylic acids is 1. The van der Waals surface area contributed by atoms with Crippen molar-refractivity contribution >= 4 is 17.4 Å². The first-order valence-corrected chi connectivity index (χ1v) is 11.5. The van der Waals surface area contributed by atoms with E-state index in [0.717, 1.165) is 30.4 Å². The molecule has 0 bridgehead atoms. The third-order valence-electron chi connectivity index (χ3n) is 5.61. The van der Waals surface area contributed by atoms with Gasteiger partial charge in [0, 0.05) is 6.54 Å². The van der Waals surface area contributed by atoms with Crippen molar-refractivity contribution in [3.63, 3.8) is 0 Å². The summed E-state index contributed by atoms with van der Waals surface area (Å²) < 4.78 is 1.30. The number of hydrogen-bond acceptors (Lipinski definition) is 4. The number of amides is 1. The molecule has 0 radical (unpaired) electrons. The van der Waals surface area contributed by atoms with Gasteiger partial charge in [-0.1, -0.05) is 74.9 Å². The van der Waals surface area contributed by atoms with Crippen molar-refractivity contribution in [1.82, 2.24) is 9.55 Å². The molecule has 1 aromatic heterocycles. The van der Waals surface area contributed by atoms with E-state index < -0.39 is 11.2 Å². The number of benzene rings is 2. The lowest BCUT2D eigenvalue weighted by Gasteiger charge is -2.24. The van der Waals surface area contributed by atoms with Gasteiger partial charge in [0.25, 0.3) is 5.56 Å². The van der Waals surface area contributed by atoms with Gasteiger partial charge in [0.15, 0.2) is 5.69 Å². The van der Waals surface area contributed by atoms with E-state index in [1.165, 1.54) is 15.0 Å². The topological polar surface area (TPSA) is 101 Å². The number of nitrogens with two attached hydrogens (primary N) is 1. The Morgan fingerprint density at radius 1 is 0.939 bits per heavy atom. The number of anilines is 2. The summed E-state index contributed by atoms with van der Waals surface area (Å²) in [6, 6.07) is 17.4. The second kappa shape index (κ2) is 11.3. The predicted octanol–water partition coefficient (Wildman–Crippen LogP) is 3.50. The Labute approximate surface area is 193 Å². The first kappa shape index (κ1) is 24.0. The SMILES string of the molecule is CCCCc1ccc(CC(=O)N(CCC)c2c(N)n(Cc3ccccc3)c(=O)[nH]c2=O)cc1. The van der Waals surface area contributed by atoms with Crippen LogP contribution in [-0.2, 0) is 24.2 Å². The van der Waals surface area contributed by atoms with Crippen LogP contribution in [0.4, 0.5) is 11.5 Å². The maximum absolute atomic E-state index is 13.2. The van der Waals surface area contributed by atoms with Gasteiger partial charge in [-0.05, 0) is 36.0 Å². The fourth-order valence-corrected chi connectivity index (χ4v) is 3.82. The summed E-state index contributed by atoms with van der Waals surface area (Å²) in [5.41, 5.74) is 8.06. The summed E-state index contributed by atoms with van der Waals surface area (Å²) in [6.45, 7) is 4.60. The third kappa shape index (κ3) is 6.00. The average molecular weight is 449 g/mol. The number of aromatic nitrogens is 2. The predicted molar refractivity (Wildman–Crippen MR) is 133 cm³/mol. The zero-order chi connectivity index (χ0) is 23.8. The molecule has 0 atom stereocenters. The van der Waals surface area contributed by atoms with Gasteiger partial charge < -0.3 is 10.6 Å². The van der Waals surface area contributed by atoms with E-state index in [0.29, 0.717) is 13.0 Å². The quantitative estimate of drug-likeness (QED) is 0.496. The molecule has 1 amide bonds. The number of aryl methyl sites for hydroxylation is 1. The summed E-state index contributed by atoms with van der Waals surface area (Å²) in [5, 5.41) is 0. The van der Waals surface area contributed by atoms with Gasteiger partial charge in [0.05, 0.1) is 13.0 Å². The van der Waals surface area contributed by atoms with Gasteiger partial charge >= 0.3 is 5.69 Å². The monoisotopic (exact) mass is 448 g/mol. The van der Waals surface area contributed by atoms with Crippen LogP contribution < -0.4 is 21.9 Å². The molecule has 3 aromatic rings. The van der Waals surface area contributed by atoms with Crippen molar-refractivity contribution in [2.75, 3.05) is 17.2 Å². The van der Waals surface area contributed by atoms with Crippen LogP contribution in [0.2, 0.25) is 0 Å². The van der Waals surface area contributed by atoms with Gasteiger partial charge in [0.2, 0.25) is 5.91 Å². The van der Waals surface area contributed by atoms with Gasteiger partial charge in [-0.25, -0.2) is 4.79 Å². The Morgan fingerprint density at radius 3 is 2.24 bits per heavy atom. The first-order chi connectivity index (χ1) is 15.9. The van der Waals surface area contributed by atoms with E-state index in [1.54, 1.807) is 0 Å². The molecule has 1 heterocycles. The molecular formula is C26H32N4O3. The Kier molecular flexibility index (Phi) is 8.24. The Hall–Kier alpha value is -3.61. The maximum atomic E-state index is 13.2. The highest BCUT2D eigenvalue weighted by Crippen LogP contribution is 2.20. The summed E-state index contributed by atoms with van der Waals surface area (Å²) >= 11 is 0. The second-order valence-corrected chi connectivity index (χ2v) is 8.21. The van der Waals surface area contributed by atoms with Crippen LogP contribution >= 0.6 is 0 Å². The van der Waals surface area contributed by atoms with E-state index in [1.807, 2.05) is 61.5 Å². The third-order valence-corrected chi connectivity index (χ3v) is 5.61. The van der Waals surface area contributed by atoms with Crippen molar-refractivity contribution in [2.24, 2.45) is 0 Å². The minimum Gasteiger partial charge on any atom is -0.383 e. The van der Waals surface area contributed by atoms with Gasteiger partial charge in [-0.3, -0.25) is 19.1 Å². The molecule has 0 aliphatic rings. The second-order valence-electron chi connectivity index (χ2n) is 8.21. The van der Waals surface area contributed by atoms with Crippen molar-refractivity contribution in [2.45, 2.75) is 52.5 Å². The molecule has 0 aliphatic carbocycles. The van der Waals surface area contributed by atoms with E-state index in [-0.39, 0.29) is 30.4 Å². The number of aromatic amines is 1. The van der Waals surface area contributed by atoms with E-state index in [2.05, 4.69) is 11.9 Å². The number of rotatable bonds is 10. The number of nitrogens with one attached hydrogen (secondary N) is 1. The molecule has 0 saturated heterocycles. The molecule has 0 unspecified atom stereocenters. The van der Waals surface area contributed by atoms with E-state index >= 15 is 0 Å². The molecule has 0 fully saturated rings. The number of unbranched alkanes of at least 4 members (excludes halogenated alkanes) is 1. The molecule has 3 N–H and O–H groups in total. The highest BCUT2D eigenvalue weighted by Gasteiger charge is 2.24. The molecule has 33 heavy (non-hydrogen) atoms. The number of nitrogen functional groups attached to an aromatic ring is 1. The fourth-order valence-electron chi connectivity index (χ4n) is 3.82. The van der Waals surface area contributed by atoms with Crippen LogP contribution in [0.5, 0.6) is 0 Å². The van der Waals surface area contributed by atoms with Gasteiger partial charge in [-0.15, -0.1) is 0 Å². The molecule has 0 saturated carbocycles. The number of nitrogens with zero attached hydrogens (tertiary/aromatic N) is 2. The molecule has 174 valence electrons. The van der Waals surface area contributed by atoms with E-state index in [9.17, 15) is 14.4 Å². The summed E-state index contributed by atoms with van der Waals surface area (Å²) in [6.07, 6.45) is 4.06. The highest BCUT2D eigenvalue weighted by molar-refractivity contribution is 5.96. The maximum Gasteiger partial charge on any atom is 0.330 e. The average Bonchev–Trinajstić information content (AvgIpc) is 2.81. The minimum absolute atomic E-state index is 0.00989. The lowest BCUT2D eigenvalue weighted by molar-refractivity contribution is -0.118. The van der Waals surface area contributed by atoms with Crippen LogP contribution in [-0.4, -0.2) is 22.0 Å². The van der Waals surface area contributed by atoms with Crippen LogP contribution in [0, 0.1) is 0 Å². The van der Waals surface area contributed by atoms with Crippen molar-refractivity contribution in [3.8, 4) is 0 Å². The minimum atomic E-state index is -0.654. The normalized spacial score (nSPS) is 10.8. The zero-order valence-corrected chi connectivity index (χ0v) is 19.3. The molecule has 7 nitrogen and oxygen atoms in total. The number of H-pyrrole nitrogens is 1. The smallest absolute Gasteiger partial charge is 0.330 e. The molecule has 7 heteroatoms. The molecule has 0 aliphatic heterocycles. The van der Waals surface area contributed by atoms with Gasteiger partial charge in [0.1, 0.15) is 5.82 Å². The van der Waals surface area contributed by atoms with E-state index in [4.69, 9.17) is 5.73 Å². The molecule has 0 spiro atoms. The lowest BCUT2D eigenvalue weighted by Crippen LogP contribution is -2.42. The first-order valence-electron chi connectivity index (χ1n) is 11.5. The molecule has 2 aromatic carbocycles. The highest BCUT2D eigenvalue weighted by atomic mass is 16.2. The van der Waals surface area contributed by atoms with Crippen molar-refractivity contribution < 1.29 is 4.79 Å². The lowest BCUT2D eigenvalue weighted by atomic mass is 10.0. The van der Waals surface area contributed by atoms with Crippen LogP contribution in [0.3, 0.4) is 0 Å². The Balaban J connectivity index is 1.90. The van der Waals surface area contributed by atoms with Crippen molar-refractivity contribution in [1.29, 1.82) is 0 Å². The van der Waals surface area contributed by atoms with Crippen LogP contribution in [0.1, 0.15) is 49.8 Å². The summed E-state index contributed by atoms with van der Waals surface area (Å²) in [5.74, 6) is -0.246. The van der Waals surface area contributed by atoms with Crippen molar-refractivity contribution in [3.05, 3.63) is 92.1 Å². The van der Waals surface area contributed by atoms with Gasteiger partial charge in [-0.2, -0.15) is 0 Å². The zero-order valence-electron chi connectivity index (χ0n) is 19.3. The number of carbonyl (C=O) groups is 1. The van der Waals surface area contributed by atoms with Crippen LogP contribution in [0.15, 0.2) is 64.2 Å². The largest absolute Gasteiger partial charge is 0.383 e. The summed E-state index contributed by atoms with van der Waals surface area (Å²) in [7, 11) is 0. The molecular weight excluding hydrogens is 416 g/mol. The number of hydrogen-bond donors (Lipinski definition) is 2. The van der Waals surface area contributed by atoms with Crippen LogP contribution in [0.25, 0.3) is 0 Å². The Morgan fingerprint density at radius 2 is 1.61 bits per heavy atom. The fraction of sp³-hybridized carbons (Fsp3) is 0.346. The standard InChI is InChI=1S/C26H32N4O3/c1-3-5-9-19-12-14-20(15-13-19)17-22(31)29(16-4-2)23-24(27)30(26(33)28-25(23)32)18-21-10-7-6-8-11-21/h6-8,10-15H,3-5,9,16-18,27H2,1-2H3,(H,28,32,33).